The Morgan fingerprint density at radius 1 is 0.900 bits per heavy atom. The van der Waals surface area contributed by atoms with E-state index in [1.807, 2.05) is 36.4 Å². The first-order valence-corrected chi connectivity index (χ1v) is 10.6. The lowest BCUT2D eigenvalue weighted by Gasteiger charge is -2.12. The number of hydrogen-bond donors (Lipinski definition) is 1. The molecule has 0 saturated heterocycles. The van der Waals surface area contributed by atoms with Crippen molar-refractivity contribution >= 4 is 22.4 Å². The van der Waals surface area contributed by atoms with Crippen molar-refractivity contribution in [3.8, 4) is 0 Å². The summed E-state index contributed by atoms with van der Waals surface area (Å²) in [6, 6.07) is 16.7. The molecule has 1 aliphatic rings. The van der Waals surface area contributed by atoms with Crippen molar-refractivity contribution < 1.29 is 4.79 Å². The summed E-state index contributed by atoms with van der Waals surface area (Å²) >= 11 is 0. The second-order valence-electron chi connectivity index (χ2n) is 7.73. The number of nitrogens with one attached hydrogen (secondary N) is 1. The maximum atomic E-state index is 13.0. The topological polar surface area (TPSA) is 76.3 Å². The highest BCUT2D eigenvalue weighted by atomic mass is 16.2. The molecule has 3 aromatic rings. The normalized spacial score (nSPS) is 14.7. The van der Waals surface area contributed by atoms with Gasteiger partial charge in [0, 0.05) is 11.1 Å². The van der Waals surface area contributed by atoms with Crippen molar-refractivity contribution in [2.75, 3.05) is 0 Å². The summed E-state index contributed by atoms with van der Waals surface area (Å²) in [5.74, 6) is -0.387. The van der Waals surface area contributed by atoms with Crippen LogP contribution in [-0.4, -0.2) is 21.4 Å². The van der Waals surface area contributed by atoms with Gasteiger partial charge in [-0.3, -0.25) is 9.59 Å². The van der Waals surface area contributed by atoms with Gasteiger partial charge in [0.1, 0.15) is 0 Å². The minimum absolute atomic E-state index is 0.211. The van der Waals surface area contributed by atoms with E-state index in [1.165, 1.54) is 23.9 Å². The predicted molar refractivity (Wildman–Crippen MR) is 119 cm³/mol. The molecule has 154 valence electrons. The minimum Gasteiger partial charge on any atom is -0.267 e. The van der Waals surface area contributed by atoms with Crippen LogP contribution in [0.25, 0.3) is 10.8 Å². The number of carbonyl (C=O) groups excluding carboxylic acids is 1. The van der Waals surface area contributed by atoms with Crippen molar-refractivity contribution in [3.05, 3.63) is 76.2 Å². The number of amides is 1. The lowest BCUT2D eigenvalue weighted by atomic mass is 9.99. The van der Waals surface area contributed by atoms with Crippen LogP contribution < -0.4 is 11.0 Å². The van der Waals surface area contributed by atoms with E-state index in [4.69, 9.17) is 0 Å². The number of fused-ring (bicyclic) bond motifs is 1. The SMILES string of the molecule is O=C(NN=C1CCCCCCC1)c1nn(Cc2ccccc2)c(=O)c2ccccc12. The van der Waals surface area contributed by atoms with Gasteiger partial charge >= 0.3 is 0 Å². The van der Waals surface area contributed by atoms with Crippen molar-refractivity contribution in [1.29, 1.82) is 0 Å². The van der Waals surface area contributed by atoms with E-state index < -0.39 is 0 Å². The second-order valence-corrected chi connectivity index (χ2v) is 7.73. The fraction of sp³-hybridized carbons (Fsp3) is 0.333. The number of rotatable bonds is 4. The Hall–Kier alpha value is -3.28. The third-order valence-corrected chi connectivity index (χ3v) is 5.50. The Kier molecular flexibility index (Phi) is 6.32. The van der Waals surface area contributed by atoms with Gasteiger partial charge in [-0.05, 0) is 37.3 Å². The highest BCUT2D eigenvalue weighted by Crippen LogP contribution is 2.16. The average molecular weight is 402 g/mol. The van der Waals surface area contributed by atoms with Gasteiger partial charge in [0.15, 0.2) is 5.69 Å². The monoisotopic (exact) mass is 402 g/mol. The maximum Gasteiger partial charge on any atom is 0.292 e. The molecule has 30 heavy (non-hydrogen) atoms. The summed E-state index contributed by atoms with van der Waals surface area (Å²) in [4.78, 5) is 25.9. The van der Waals surface area contributed by atoms with Crippen LogP contribution >= 0.6 is 0 Å². The van der Waals surface area contributed by atoms with Gasteiger partial charge in [-0.2, -0.15) is 10.2 Å². The van der Waals surface area contributed by atoms with Crippen LogP contribution in [0.3, 0.4) is 0 Å². The molecule has 0 atom stereocenters. The zero-order valence-electron chi connectivity index (χ0n) is 17.0. The Morgan fingerprint density at radius 3 is 2.27 bits per heavy atom. The maximum absolute atomic E-state index is 13.0. The molecule has 1 N–H and O–H groups in total. The van der Waals surface area contributed by atoms with Crippen LogP contribution in [0, 0.1) is 0 Å². The van der Waals surface area contributed by atoms with Crippen LogP contribution in [0.1, 0.15) is 61.0 Å². The van der Waals surface area contributed by atoms with Crippen molar-refractivity contribution in [3.63, 3.8) is 0 Å². The summed E-state index contributed by atoms with van der Waals surface area (Å²) < 4.78 is 1.36. The van der Waals surface area contributed by atoms with E-state index in [0.29, 0.717) is 17.3 Å². The largest absolute Gasteiger partial charge is 0.292 e. The molecule has 1 saturated carbocycles. The van der Waals surface area contributed by atoms with Gasteiger partial charge < -0.3 is 0 Å². The number of aromatic nitrogens is 2. The van der Waals surface area contributed by atoms with E-state index in [-0.39, 0.29) is 17.2 Å². The molecule has 1 amide bonds. The third-order valence-electron chi connectivity index (χ3n) is 5.50. The second kappa shape index (κ2) is 9.48. The van der Waals surface area contributed by atoms with Gasteiger partial charge in [-0.25, -0.2) is 10.1 Å². The fourth-order valence-electron chi connectivity index (χ4n) is 3.87. The lowest BCUT2D eigenvalue weighted by molar-refractivity contribution is 0.0949. The Bertz CT molecular complexity index is 1110. The van der Waals surface area contributed by atoms with Gasteiger partial charge in [0.2, 0.25) is 0 Å². The number of benzene rings is 2. The molecule has 6 nitrogen and oxygen atoms in total. The summed E-state index contributed by atoms with van der Waals surface area (Å²) in [6.45, 7) is 0.305. The smallest absolute Gasteiger partial charge is 0.267 e. The van der Waals surface area contributed by atoms with Gasteiger partial charge in [-0.1, -0.05) is 67.8 Å². The van der Waals surface area contributed by atoms with Gasteiger partial charge in [0.05, 0.1) is 11.9 Å². The molecular formula is C24H26N4O2. The van der Waals surface area contributed by atoms with E-state index in [2.05, 4.69) is 15.6 Å². The quantitative estimate of drug-likeness (QED) is 0.662. The first kappa shape index (κ1) is 20.0. The highest BCUT2D eigenvalue weighted by Gasteiger charge is 2.17. The zero-order valence-corrected chi connectivity index (χ0v) is 17.0. The van der Waals surface area contributed by atoms with Crippen molar-refractivity contribution in [2.24, 2.45) is 5.10 Å². The van der Waals surface area contributed by atoms with Crippen molar-refractivity contribution in [2.45, 2.75) is 51.5 Å². The Morgan fingerprint density at radius 2 is 1.53 bits per heavy atom. The van der Waals surface area contributed by atoms with Gasteiger partial charge in [0.25, 0.3) is 11.5 Å². The molecule has 4 rings (SSSR count). The average Bonchev–Trinajstić information content (AvgIpc) is 2.75. The lowest BCUT2D eigenvalue weighted by Crippen LogP contribution is -2.29. The van der Waals surface area contributed by atoms with Crippen LogP contribution in [0.15, 0.2) is 64.5 Å². The first-order valence-electron chi connectivity index (χ1n) is 10.6. The number of hydrogen-bond acceptors (Lipinski definition) is 4. The van der Waals surface area contributed by atoms with Crippen molar-refractivity contribution in [1.82, 2.24) is 15.2 Å². The molecule has 1 aliphatic carbocycles. The van der Waals surface area contributed by atoms with Gasteiger partial charge in [-0.15, -0.1) is 0 Å². The molecule has 6 heteroatoms. The molecule has 0 unspecified atom stereocenters. The zero-order chi connectivity index (χ0) is 20.8. The van der Waals surface area contributed by atoms with E-state index in [0.717, 1.165) is 37.0 Å². The standard InChI is InChI=1S/C24H26N4O2/c29-23(26-25-19-13-7-2-1-3-8-14-19)22-20-15-9-10-16-21(20)24(30)28(27-22)17-18-11-5-4-6-12-18/h4-6,9-12,15-16H,1-3,7-8,13-14,17H2,(H,26,29). The summed E-state index contributed by atoms with van der Waals surface area (Å²) in [7, 11) is 0. The fourth-order valence-corrected chi connectivity index (χ4v) is 3.87. The van der Waals surface area contributed by atoms with E-state index in [9.17, 15) is 9.59 Å². The minimum atomic E-state index is -0.387. The third kappa shape index (κ3) is 4.64. The number of nitrogens with zero attached hydrogens (tertiary/aromatic N) is 3. The molecule has 0 radical (unpaired) electrons. The summed E-state index contributed by atoms with van der Waals surface area (Å²) in [5.41, 5.74) is 4.68. The summed E-state index contributed by atoms with van der Waals surface area (Å²) in [5, 5.41) is 9.83. The molecule has 1 heterocycles. The summed E-state index contributed by atoms with van der Waals surface area (Å²) in [6.07, 6.45) is 7.76. The van der Waals surface area contributed by atoms with Crippen LogP contribution in [0.5, 0.6) is 0 Å². The molecule has 1 fully saturated rings. The van der Waals surface area contributed by atoms with Crippen LogP contribution in [0.2, 0.25) is 0 Å². The molecule has 1 aromatic heterocycles. The first-order chi connectivity index (χ1) is 14.7. The van der Waals surface area contributed by atoms with E-state index in [1.54, 1.807) is 18.2 Å². The number of hydrazone groups is 1. The molecule has 0 spiro atoms. The molecule has 2 aromatic carbocycles. The number of carbonyl (C=O) groups is 1. The molecular weight excluding hydrogens is 376 g/mol. The Balaban J connectivity index is 1.66. The molecule has 0 bridgehead atoms. The van der Waals surface area contributed by atoms with Crippen LogP contribution in [0.4, 0.5) is 0 Å². The Labute approximate surface area is 175 Å². The predicted octanol–water partition coefficient (Wildman–Crippen LogP) is 4.27. The highest BCUT2D eigenvalue weighted by molar-refractivity contribution is 6.05. The van der Waals surface area contributed by atoms with E-state index >= 15 is 0 Å². The van der Waals surface area contributed by atoms with Crippen LogP contribution in [-0.2, 0) is 6.54 Å². The molecule has 0 aliphatic heterocycles.